The van der Waals surface area contributed by atoms with Crippen molar-refractivity contribution in [2.24, 2.45) is 0 Å². The van der Waals surface area contributed by atoms with Crippen molar-refractivity contribution in [2.45, 2.75) is 30.0 Å². The molecule has 0 aromatic carbocycles. The Labute approximate surface area is 111 Å². The molecule has 1 aliphatic rings. The zero-order chi connectivity index (χ0) is 13.2. The Morgan fingerprint density at radius 2 is 2.39 bits per heavy atom. The Kier molecular flexibility index (Phi) is 4.04. The molecular formula is C11H16N2O3S2. The van der Waals surface area contributed by atoms with Crippen LogP contribution in [0, 0.1) is 0 Å². The fourth-order valence-electron chi connectivity index (χ4n) is 2.11. The van der Waals surface area contributed by atoms with E-state index in [1.165, 1.54) is 15.6 Å². The summed E-state index contributed by atoms with van der Waals surface area (Å²) in [5.74, 6) is -0.199. The van der Waals surface area contributed by atoms with Crippen LogP contribution in [0.4, 0.5) is 0 Å². The van der Waals surface area contributed by atoms with E-state index in [9.17, 15) is 13.2 Å². The van der Waals surface area contributed by atoms with E-state index in [1.807, 2.05) is 6.92 Å². The number of thiophene rings is 1. The number of amides is 1. The average Bonchev–Trinajstić information content (AvgIpc) is 3.01. The van der Waals surface area contributed by atoms with E-state index >= 15 is 0 Å². The van der Waals surface area contributed by atoms with E-state index in [2.05, 4.69) is 5.32 Å². The molecule has 5 nitrogen and oxygen atoms in total. The lowest BCUT2D eigenvalue weighted by Crippen LogP contribution is -2.45. The van der Waals surface area contributed by atoms with E-state index in [0.29, 0.717) is 23.7 Å². The van der Waals surface area contributed by atoms with Crippen molar-refractivity contribution in [3.05, 3.63) is 17.5 Å². The third-order valence-electron chi connectivity index (χ3n) is 2.92. The van der Waals surface area contributed by atoms with Crippen LogP contribution in [0.1, 0.15) is 19.8 Å². The summed E-state index contributed by atoms with van der Waals surface area (Å²) in [6, 6.07) is 2.72. The quantitative estimate of drug-likeness (QED) is 0.900. The first-order chi connectivity index (χ1) is 8.57. The first-order valence-corrected chi connectivity index (χ1v) is 8.22. The average molecular weight is 288 g/mol. The molecule has 1 atom stereocenters. The van der Waals surface area contributed by atoms with Crippen molar-refractivity contribution in [3.8, 4) is 0 Å². The maximum atomic E-state index is 12.4. The van der Waals surface area contributed by atoms with Gasteiger partial charge >= 0.3 is 0 Å². The second-order valence-corrected chi connectivity index (χ2v) is 7.17. The maximum Gasteiger partial charge on any atom is 0.253 e. The van der Waals surface area contributed by atoms with Gasteiger partial charge in [-0.2, -0.15) is 4.31 Å². The Morgan fingerprint density at radius 1 is 1.61 bits per heavy atom. The molecule has 2 rings (SSSR count). The van der Waals surface area contributed by atoms with E-state index in [-0.39, 0.29) is 5.91 Å². The number of nitrogens with zero attached hydrogens (tertiary/aromatic N) is 1. The number of hydrogen-bond donors (Lipinski definition) is 1. The molecule has 0 radical (unpaired) electrons. The zero-order valence-electron chi connectivity index (χ0n) is 10.1. The molecule has 18 heavy (non-hydrogen) atoms. The molecule has 2 heterocycles. The molecule has 1 amide bonds. The molecule has 7 heteroatoms. The number of nitrogens with one attached hydrogen (secondary N) is 1. The van der Waals surface area contributed by atoms with Crippen molar-refractivity contribution in [1.82, 2.24) is 9.62 Å². The van der Waals surface area contributed by atoms with Gasteiger partial charge in [-0.1, -0.05) is 6.07 Å². The highest BCUT2D eigenvalue weighted by Gasteiger charge is 2.39. The van der Waals surface area contributed by atoms with Gasteiger partial charge in [0.05, 0.1) is 0 Å². The summed E-state index contributed by atoms with van der Waals surface area (Å²) in [6.45, 7) is 2.76. The van der Waals surface area contributed by atoms with Crippen LogP contribution >= 0.6 is 11.3 Å². The highest BCUT2D eigenvalue weighted by atomic mass is 32.2. The molecule has 1 aromatic heterocycles. The predicted molar refractivity (Wildman–Crippen MR) is 69.9 cm³/mol. The molecule has 0 spiro atoms. The Balaban J connectivity index is 2.24. The Bertz CT molecular complexity index is 510. The van der Waals surface area contributed by atoms with Gasteiger partial charge < -0.3 is 5.32 Å². The molecule has 1 aromatic rings. The summed E-state index contributed by atoms with van der Waals surface area (Å²) in [7, 11) is -3.52. The van der Waals surface area contributed by atoms with Gasteiger partial charge in [0.1, 0.15) is 10.3 Å². The zero-order valence-corrected chi connectivity index (χ0v) is 11.8. The first kappa shape index (κ1) is 13.5. The van der Waals surface area contributed by atoms with Crippen molar-refractivity contribution in [3.63, 3.8) is 0 Å². The summed E-state index contributed by atoms with van der Waals surface area (Å²) in [5, 5.41) is 4.42. The van der Waals surface area contributed by atoms with Crippen molar-refractivity contribution < 1.29 is 13.2 Å². The van der Waals surface area contributed by atoms with Gasteiger partial charge in [-0.15, -0.1) is 11.3 Å². The second-order valence-electron chi connectivity index (χ2n) is 4.10. The molecule has 1 fully saturated rings. The van der Waals surface area contributed by atoms with Gasteiger partial charge in [0, 0.05) is 13.1 Å². The van der Waals surface area contributed by atoms with Crippen LogP contribution in [0.5, 0.6) is 0 Å². The van der Waals surface area contributed by atoms with Gasteiger partial charge in [0.2, 0.25) is 5.91 Å². The van der Waals surface area contributed by atoms with Crippen molar-refractivity contribution in [1.29, 1.82) is 0 Å². The molecule has 1 N–H and O–H groups in total. The second kappa shape index (κ2) is 5.38. The summed E-state index contributed by atoms with van der Waals surface area (Å²) < 4.78 is 26.4. The molecular weight excluding hydrogens is 272 g/mol. The monoisotopic (exact) mass is 288 g/mol. The smallest absolute Gasteiger partial charge is 0.253 e. The van der Waals surface area contributed by atoms with Gasteiger partial charge in [0.15, 0.2) is 0 Å². The minimum Gasteiger partial charge on any atom is -0.355 e. The summed E-state index contributed by atoms with van der Waals surface area (Å²) in [5.41, 5.74) is 0. The van der Waals surface area contributed by atoms with Crippen LogP contribution < -0.4 is 5.32 Å². The SMILES string of the molecule is CCNC(=O)C1CCCN1S(=O)(=O)c1cccs1. The standard InChI is InChI=1S/C11H16N2O3S2/c1-2-12-11(14)9-5-3-7-13(9)18(15,16)10-6-4-8-17-10/h4,6,8-9H,2-3,5,7H2,1H3,(H,12,14). The maximum absolute atomic E-state index is 12.4. The molecule has 0 bridgehead atoms. The summed E-state index contributed by atoms with van der Waals surface area (Å²) in [4.78, 5) is 11.9. The normalized spacial score (nSPS) is 21.1. The number of sulfonamides is 1. The molecule has 0 aliphatic carbocycles. The molecule has 100 valence electrons. The summed E-state index contributed by atoms with van der Waals surface area (Å²) in [6.07, 6.45) is 1.32. The molecule has 1 saturated heterocycles. The Morgan fingerprint density at radius 3 is 3.00 bits per heavy atom. The van der Waals surface area contributed by atoms with Crippen LogP contribution in [0.3, 0.4) is 0 Å². The fraction of sp³-hybridized carbons (Fsp3) is 0.545. The fourth-order valence-corrected chi connectivity index (χ4v) is 4.88. The highest BCUT2D eigenvalue weighted by Crippen LogP contribution is 2.28. The Hall–Kier alpha value is -0.920. The van der Waals surface area contributed by atoms with Crippen LogP contribution in [-0.2, 0) is 14.8 Å². The molecule has 1 aliphatic heterocycles. The lowest BCUT2D eigenvalue weighted by atomic mass is 10.2. The van der Waals surface area contributed by atoms with E-state index < -0.39 is 16.1 Å². The van der Waals surface area contributed by atoms with Crippen LogP contribution in [-0.4, -0.2) is 37.8 Å². The van der Waals surface area contributed by atoms with Crippen LogP contribution in [0.25, 0.3) is 0 Å². The topological polar surface area (TPSA) is 66.5 Å². The number of likely N-dealkylation sites (N-methyl/N-ethyl adjacent to an activating group) is 1. The van der Waals surface area contributed by atoms with Gasteiger partial charge in [0.25, 0.3) is 10.0 Å². The van der Waals surface area contributed by atoms with Crippen LogP contribution in [0.15, 0.2) is 21.7 Å². The summed E-state index contributed by atoms with van der Waals surface area (Å²) >= 11 is 1.18. The third-order valence-corrected chi connectivity index (χ3v) is 6.20. The minimum atomic E-state index is -3.52. The predicted octanol–water partition coefficient (Wildman–Crippen LogP) is 1.04. The van der Waals surface area contributed by atoms with E-state index in [0.717, 1.165) is 6.42 Å². The molecule has 0 saturated carbocycles. The highest BCUT2D eigenvalue weighted by molar-refractivity contribution is 7.91. The van der Waals surface area contributed by atoms with Crippen LogP contribution in [0.2, 0.25) is 0 Å². The lowest BCUT2D eigenvalue weighted by Gasteiger charge is -2.22. The lowest BCUT2D eigenvalue weighted by molar-refractivity contribution is -0.124. The number of hydrogen-bond acceptors (Lipinski definition) is 4. The van der Waals surface area contributed by atoms with E-state index in [4.69, 9.17) is 0 Å². The van der Waals surface area contributed by atoms with Gasteiger partial charge in [-0.3, -0.25) is 4.79 Å². The molecule has 1 unspecified atom stereocenters. The van der Waals surface area contributed by atoms with Gasteiger partial charge in [-0.05, 0) is 31.2 Å². The number of carbonyl (C=O) groups excluding carboxylic acids is 1. The number of carbonyl (C=O) groups is 1. The van der Waals surface area contributed by atoms with Crippen molar-refractivity contribution in [2.75, 3.05) is 13.1 Å². The van der Waals surface area contributed by atoms with Gasteiger partial charge in [-0.25, -0.2) is 8.42 Å². The first-order valence-electron chi connectivity index (χ1n) is 5.90. The number of rotatable bonds is 4. The third kappa shape index (κ3) is 2.43. The van der Waals surface area contributed by atoms with Crippen molar-refractivity contribution >= 4 is 27.3 Å². The largest absolute Gasteiger partial charge is 0.355 e. The minimum absolute atomic E-state index is 0.199. The van der Waals surface area contributed by atoms with E-state index in [1.54, 1.807) is 17.5 Å².